The zero-order valence-electron chi connectivity index (χ0n) is 15.1. The average molecular weight is 322 g/mol. The van der Waals surface area contributed by atoms with Crippen LogP contribution in [0.4, 0.5) is 0 Å². The topological polar surface area (TPSA) is 9.23 Å². The van der Waals surface area contributed by atoms with Crippen LogP contribution >= 0.6 is 0 Å². The van der Waals surface area contributed by atoms with Crippen molar-refractivity contribution in [1.82, 2.24) is 0 Å². The molecular weight excluding hydrogens is 294 g/mol. The Kier molecular flexibility index (Phi) is 5.06. The fourth-order valence-electron chi connectivity index (χ4n) is 3.30. The van der Waals surface area contributed by atoms with Gasteiger partial charge in [-0.25, -0.2) is 0 Å². The monoisotopic (exact) mass is 322 g/mol. The molecule has 2 aromatic rings. The molecule has 0 radical (unpaired) electrons. The van der Waals surface area contributed by atoms with Crippen LogP contribution in [0.5, 0.6) is 5.75 Å². The number of rotatable bonds is 5. The Labute approximate surface area is 146 Å². The third-order valence-corrected chi connectivity index (χ3v) is 5.41. The summed E-state index contributed by atoms with van der Waals surface area (Å²) in [5, 5.41) is 0. The predicted molar refractivity (Wildman–Crippen MR) is 101 cm³/mol. The Morgan fingerprint density at radius 2 is 1.62 bits per heavy atom. The maximum Gasteiger partial charge on any atom is 0.127 e. The van der Waals surface area contributed by atoms with Crippen molar-refractivity contribution in [3.8, 4) is 5.75 Å². The third kappa shape index (κ3) is 3.39. The Morgan fingerprint density at radius 1 is 0.958 bits per heavy atom. The third-order valence-electron chi connectivity index (χ3n) is 5.41. The summed E-state index contributed by atoms with van der Waals surface area (Å²) in [6.45, 7) is 8.72. The quantitative estimate of drug-likeness (QED) is 0.712. The molecule has 2 aromatic carbocycles. The van der Waals surface area contributed by atoms with Gasteiger partial charge in [0.05, 0.1) is 26.7 Å². The molecule has 0 spiro atoms. The maximum absolute atomic E-state index is 6.05. The molecule has 24 heavy (non-hydrogen) atoms. The van der Waals surface area contributed by atoms with E-state index in [1.54, 1.807) is 0 Å². The van der Waals surface area contributed by atoms with Crippen molar-refractivity contribution in [3.05, 3.63) is 71.3 Å². The summed E-state index contributed by atoms with van der Waals surface area (Å²) in [5.74, 6) is 0.989. The number of ether oxygens (including phenoxy) is 1. The molecule has 0 amide bonds. The molecule has 0 saturated heterocycles. The van der Waals surface area contributed by atoms with Crippen LogP contribution in [0.25, 0.3) is 5.57 Å². The van der Waals surface area contributed by atoms with Crippen LogP contribution < -0.4 is 4.74 Å². The second kappa shape index (κ2) is 7.23. The van der Waals surface area contributed by atoms with E-state index in [9.17, 15) is 0 Å². The van der Waals surface area contributed by atoms with Gasteiger partial charge in [-0.2, -0.15) is 0 Å². The molecule has 1 aliphatic rings. The minimum Gasteiger partial charge on any atom is -0.488 e. The second-order valence-electron chi connectivity index (χ2n) is 6.82. The summed E-state index contributed by atoms with van der Waals surface area (Å²) in [6.07, 6.45) is 3.49. The molecule has 0 fully saturated rings. The number of benzene rings is 2. The lowest BCUT2D eigenvalue weighted by molar-refractivity contribution is -0.905. The highest BCUT2D eigenvalue weighted by atomic mass is 16.5. The normalized spacial score (nSPS) is 15.4. The van der Waals surface area contributed by atoms with Crippen LogP contribution in [-0.4, -0.2) is 31.2 Å². The first kappa shape index (κ1) is 16.8. The predicted octanol–water partition coefficient (Wildman–Crippen LogP) is 4.89. The van der Waals surface area contributed by atoms with E-state index in [2.05, 4.69) is 75.5 Å². The van der Waals surface area contributed by atoms with Crippen molar-refractivity contribution in [2.75, 3.05) is 26.7 Å². The van der Waals surface area contributed by atoms with Gasteiger partial charge < -0.3 is 9.22 Å². The molecule has 0 atom stereocenters. The first-order valence-corrected chi connectivity index (χ1v) is 9.01. The van der Waals surface area contributed by atoms with Crippen LogP contribution in [0.2, 0.25) is 0 Å². The molecule has 0 unspecified atom stereocenters. The Morgan fingerprint density at radius 3 is 2.38 bits per heavy atom. The number of fused-ring (bicyclic) bond motifs is 2. The highest BCUT2D eigenvalue weighted by Crippen LogP contribution is 2.36. The Bertz CT molecular complexity index is 679. The minimum atomic E-state index is 0.641. The van der Waals surface area contributed by atoms with Gasteiger partial charge in [-0.3, -0.25) is 0 Å². The number of para-hydroxylation sites is 1. The molecule has 126 valence electrons. The number of nitrogens with zero attached hydrogens (tertiary/aromatic N) is 1. The van der Waals surface area contributed by atoms with E-state index < -0.39 is 0 Å². The van der Waals surface area contributed by atoms with Crippen molar-refractivity contribution in [2.45, 2.75) is 26.9 Å². The highest BCUT2D eigenvalue weighted by molar-refractivity contribution is 5.84. The van der Waals surface area contributed by atoms with Crippen LogP contribution in [0, 0.1) is 0 Å². The van der Waals surface area contributed by atoms with Gasteiger partial charge in [0.1, 0.15) is 12.4 Å². The summed E-state index contributed by atoms with van der Waals surface area (Å²) in [6, 6.07) is 17.0. The highest BCUT2D eigenvalue weighted by Gasteiger charge is 2.19. The lowest BCUT2D eigenvalue weighted by Gasteiger charge is -2.31. The summed E-state index contributed by atoms with van der Waals surface area (Å²) in [5.41, 5.74) is 5.11. The van der Waals surface area contributed by atoms with E-state index in [1.165, 1.54) is 41.9 Å². The van der Waals surface area contributed by atoms with Crippen LogP contribution in [0.15, 0.2) is 54.6 Å². The van der Waals surface area contributed by atoms with Gasteiger partial charge in [0.2, 0.25) is 0 Å². The van der Waals surface area contributed by atoms with Crippen LogP contribution in [0.3, 0.4) is 0 Å². The summed E-state index contributed by atoms with van der Waals surface area (Å²) in [4.78, 5) is 0. The molecule has 0 aromatic heterocycles. The molecular formula is C22H28NO+. The van der Waals surface area contributed by atoms with E-state index in [0.717, 1.165) is 16.7 Å². The van der Waals surface area contributed by atoms with Gasteiger partial charge in [0, 0.05) is 12.0 Å². The standard InChI is InChI=1S/C22H28NO/c1-4-23(3,5-2)16-10-14-20-19-12-7-6-11-18(19)17-24-22-15-9-8-13-21(20)22/h6-9,11-15H,4-5,10,16-17H2,1-3H3/q+1/b20-14-. The maximum atomic E-state index is 6.05. The largest absolute Gasteiger partial charge is 0.488 e. The van der Waals surface area contributed by atoms with E-state index in [1.807, 2.05) is 0 Å². The van der Waals surface area contributed by atoms with Gasteiger partial charge >= 0.3 is 0 Å². The molecule has 0 N–H and O–H groups in total. The van der Waals surface area contributed by atoms with Crippen molar-refractivity contribution < 1.29 is 9.22 Å². The summed E-state index contributed by atoms with van der Waals surface area (Å²) >= 11 is 0. The first-order valence-electron chi connectivity index (χ1n) is 9.01. The zero-order chi connectivity index (χ0) is 17.0. The lowest BCUT2D eigenvalue weighted by atomic mass is 9.93. The molecule has 1 aliphatic heterocycles. The fourth-order valence-corrected chi connectivity index (χ4v) is 3.30. The zero-order valence-corrected chi connectivity index (χ0v) is 15.1. The number of hydrogen-bond donors (Lipinski definition) is 0. The molecule has 0 saturated carbocycles. The van der Waals surface area contributed by atoms with Crippen molar-refractivity contribution in [1.29, 1.82) is 0 Å². The molecule has 1 heterocycles. The first-order chi connectivity index (χ1) is 11.7. The number of quaternary nitrogens is 1. The van der Waals surface area contributed by atoms with Gasteiger partial charge in [0.15, 0.2) is 0 Å². The molecule has 2 nitrogen and oxygen atoms in total. The fraction of sp³-hybridized carbons (Fsp3) is 0.364. The average Bonchev–Trinajstić information content (AvgIpc) is 2.79. The van der Waals surface area contributed by atoms with Gasteiger partial charge in [-0.15, -0.1) is 0 Å². The van der Waals surface area contributed by atoms with Crippen molar-refractivity contribution in [3.63, 3.8) is 0 Å². The Hall–Kier alpha value is -2.06. The van der Waals surface area contributed by atoms with Crippen molar-refractivity contribution >= 4 is 5.57 Å². The smallest absolute Gasteiger partial charge is 0.127 e. The molecule has 0 bridgehead atoms. The van der Waals surface area contributed by atoms with Crippen LogP contribution in [-0.2, 0) is 6.61 Å². The molecule has 2 heteroatoms. The number of hydrogen-bond acceptors (Lipinski definition) is 1. The van der Waals surface area contributed by atoms with Gasteiger partial charge in [-0.1, -0.05) is 48.5 Å². The SMILES string of the molecule is CC[N+](C)(CC)CC/C=C1/c2ccccc2COc2ccccc21. The summed E-state index contributed by atoms with van der Waals surface area (Å²) < 4.78 is 7.16. The van der Waals surface area contributed by atoms with E-state index >= 15 is 0 Å². The molecule has 3 rings (SSSR count). The van der Waals surface area contributed by atoms with Gasteiger partial charge in [0.25, 0.3) is 0 Å². The van der Waals surface area contributed by atoms with E-state index in [-0.39, 0.29) is 0 Å². The van der Waals surface area contributed by atoms with E-state index in [0.29, 0.717) is 6.61 Å². The Balaban J connectivity index is 1.98. The minimum absolute atomic E-state index is 0.641. The second-order valence-corrected chi connectivity index (χ2v) is 6.82. The van der Waals surface area contributed by atoms with Crippen molar-refractivity contribution in [2.24, 2.45) is 0 Å². The van der Waals surface area contributed by atoms with Crippen LogP contribution in [0.1, 0.15) is 37.0 Å². The van der Waals surface area contributed by atoms with E-state index in [4.69, 9.17) is 4.74 Å². The molecule has 0 aliphatic carbocycles. The van der Waals surface area contributed by atoms with Gasteiger partial charge in [-0.05, 0) is 36.6 Å². The summed E-state index contributed by atoms with van der Waals surface area (Å²) in [7, 11) is 2.34. The lowest BCUT2D eigenvalue weighted by Crippen LogP contribution is -2.44.